The molecule has 4 heteroatoms. The molecule has 0 fully saturated rings. The zero-order valence-electron chi connectivity index (χ0n) is 9.41. The van der Waals surface area contributed by atoms with Gasteiger partial charge in [0, 0.05) is 21.4 Å². The number of benzene rings is 1. The van der Waals surface area contributed by atoms with E-state index < -0.39 is 11.6 Å². The van der Waals surface area contributed by atoms with E-state index in [4.69, 9.17) is 5.73 Å². The van der Waals surface area contributed by atoms with E-state index in [1.807, 2.05) is 19.1 Å². The summed E-state index contributed by atoms with van der Waals surface area (Å²) in [5, 5.41) is 0. The Kier molecular flexibility index (Phi) is 3.54. The van der Waals surface area contributed by atoms with Crippen LogP contribution in [0.3, 0.4) is 0 Å². The van der Waals surface area contributed by atoms with E-state index in [0.717, 1.165) is 9.75 Å². The van der Waals surface area contributed by atoms with Crippen molar-refractivity contribution in [3.05, 3.63) is 57.3 Å². The first-order valence-electron chi connectivity index (χ1n) is 5.32. The summed E-state index contributed by atoms with van der Waals surface area (Å²) >= 11 is 1.56. The van der Waals surface area contributed by atoms with Crippen LogP contribution in [0.1, 0.15) is 21.4 Å². The topological polar surface area (TPSA) is 26.0 Å². The number of nitrogens with two attached hydrogens (primary N) is 1. The first-order valence-corrected chi connectivity index (χ1v) is 6.14. The highest BCUT2D eigenvalue weighted by molar-refractivity contribution is 7.12. The molecular formula is C13H13F2NS. The molecule has 90 valence electrons. The van der Waals surface area contributed by atoms with Gasteiger partial charge in [-0.1, -0.05) is 6.07 Å². The Morgan fingerprint density at radius 2 is 1.82 bits per heavy atom. The highest BCUT2D eigenvalue weighted by Gasteiger charge is 2.15. The van der Waals surface area contributed by atoms with E-state index in [1.54, 1.807) is 11.3 Å². The van der Waals surface area contributed by atoms with Gasteiger partial charge in [-0.15, -0.1) is 11.3 Å². The summed E-state index contributed by atoms with van der Waals surface area (Å²) < 4.78 is 26.9. The minimum Gasteiger partial charge on any atom is -0.323 e. The second-order valence-electron chi connectivity index (χ2n) is 3.96. The van der Waals surface area contributed by atoms with Gasteiger partial charge < -0.3 is 5.73 Å². The number of aryl methyl sites for hydroxylation is 1. The lowest BCUT2D eigenvalue weighted by Crippen LogP contribution is -2.13. The van der Waals surface area contributed by atoms with Gasteiger partial charge in [-0.05, 0) is 37.6 Å². The maximum absolute atomic E-state index is 13.4. The molecule has 1 unspecified atom stereocenters. The first kappa shape index (κ1) is 12.2. The van der Waals surface area contributed by atoms with Gasteiger partial charge in [0.05, 0.1) is 0 Å². The van der Waals surface area contributed by atoms with Crippen molar-refractivity contribution >= 4 is 11.3 Å². The zero-order valence-corrected chi connectivity index (χ0v) is 10.2. The largest absolute Gasteiger partial charge is 0.323 e. The summed E-state index contributed by atoms with van der Waals surface area (Å²) in [5.74, 6) is -1.07. The lowest BCUT2D eigenvalue weighted by atomic mass is 10.0. The number of hydrogen-bond donors (Lipinski definition) is 1. The normalized spacial score (nSPS) is 12.7. The fraction of sp³-hybridized carbons (Fsp3) is 0.231. The van der Waals surface area contributed by atoms with Gasteiger partial charge in [0.25, 0.3) is 0 Å². The number of thiophene rings is 1. The van der Waals surface area contributed by atoms with Crippen LogP contribution in [0, 0.1) is 18.6 Å². The van der Waals surface area contributed by atoms with E-state index in [9.17, 15) is 8.78 Å². The third-order valence-corrected chi connectivity index (χ3v) is 3.74. The quantitative estimate of drug-likeness (QED) is 0.889. The van der Waals surface area contributed by atoms with Crippen molar-refractivity contribution in [2.75, 3.05) is 0 Å². The van der Waals surface area contributed by atoms with Gasteiger partial charge in [-0.25, -0.2) is 8.78 Å². The predicted octanol–water partition coefficient (Wildman–Crippen LogP) is 3.58. The Labute approximate surface area is 103 Å². The third kappa shape index (κ3) is 2.70. The van der Waals surface area contributed by atoms with Crippen molar-refractivity contribution in [3.8, 4) is 0 Å². The summed E-state index contributed by atoms with van der Waals surface area (Å²) in [6.45, 7) is 1.98. The predicted molar refractivity (Wildman–Crippen MR) is 66.0 cm³/mol. The summed E-state index contributed by atoms with van der Waals surface area (Å²) in [4.78, 5) is 2.09. The van der Waals surface area contributed by atoms with Crippen molar-refractivity contribution in [1.29, 1.82) is 0 Å². The van der Waals surface area contributed by atoms with Gasteiger partial charge in [0.2, 0.25) is 0 Å². The monoisotopic (exact) mass is 253 g/mol. The van der Waals surface area contributed by atoms with Crippen LogP contribution < -0.4 is 5.73 Å². The first-order chi connectivity index (χ1) is 8.08. The number of hydrogen-bond acceptors (Lipinski definition) is 2. The van der Waals surface area contributed by atoms with Crippen LogP contribution in [0.4, 0.5) is 8.78 Å². The Bertz CT molecular complexity index is 502. The Morgan fingerprint density at radius 3 is 2.35 bits per heavy atom. The van der Waals surface area contributed by atoms with Crippen molar-refractivity contribution in [1.82, 2.24) is 0 Å². The highest BCUT2D eigenvalue weighted by atomic mass is 32.1. The van der Waals surface area contributed by atoms with Crippen molar-refractivity contribution in [2.24, 2.45) is 5.73 Å². The molecule has 0 spiro atoms. The molecule has 0 bridgehead atoms. The SMILES string of the molecule is Cc1ccc(C(N)Cc2c(F)cccc2F)s1. The van der Waals surface area contributed by atoms with Crippen LogP contribution in [0.25, 0.3) is 0 Å². The molecule has 17 heavy (non-hydrogen) atoms. The van der Waals surface area contributed by atoms with E-state index in [2.05, 4.69) is 0 Å². The smallest absolute Gasteiger partial charge is 0.129 e. The van der Waals surface area contributed by atoms with Crippen molar-refractivity contribution < 1.29 is 8.78 Å². The van der Waals surface area contributed by atoms with E-state index in [-0.39, 0.29) is 18.0 Å². The van der Waals surface area contributed by atoms with Gasteiger partial charge in [0.15, 0.2) is 0 Å². The molecule has 0 saturated carbocycles. The molecule has 1 heterocycles. The minimum atomic E-state index is -0.534. The van der Waals surface area contributed by atoms with E-state index in [0.29, 0.717) is 0 Å². The fourth-order valence-corrected chi connectivity index (χ4v) is 2.58. The molecule has 2 aromatic rings. The van der Waals surface area contributed by atoms with Gasteiger partial charge >= 0.3 is 0 Å². The number of rotatable bonds is 3. The zero-order chi connectivity index (χ0) is 12.4. The van der Waals surface area contributed by atoms with Crippen LogP contribution in [-0.2, 0) is 6.42 Å². The van der Waals surface area contributed by atoms with Crippen LogP contribution in [0.5, 0.6) is 0 Å². The fourth-order valence-electron chi connectivity index (χ4n) is 1.70. The molecule has 0 aliphatic rings. The summed E-state index contributed by atoms with van der Waals surface area (Å²) in [6, 6.07) is 7.37. The maximum atomic E-state index is 13.4. The van der Waals surface area contributed by atoms with Gasteiger partial charge in [-0.2, -0.15) is 0 Å². The molecule has 2 rings (SSSR count). The maximum Gasteiger partial charge on any atom is 0.129 e. The Morgan fingerprint density at radius 1 is 1.18 bits per heavy atom. The molecule has 0 aliphatic carbocycles. The second kappa shape index (κ2) is 4.94. The van der Waals surface area contributed by atoms with Crippen LogP contribution >= 0.6 is 11.3 Å². The highest BCUT2D eigenvalue weighted by Crippen LogP contribution is 2.25. The average Bonchev–Trinajstić information content (AvgIpc) is 2.70. The van der Waals surface area contributed by atoms with Crippen LogP contribution in [-0.4, -0.2) is 0 Å². The number of halogens is 2. The molecule has 1 aromatic heterocycles. The van der Waals surface area contributed by atoms with Gasteiger partial charge in [-0.3, -0.25) is 0 Å². The third-order valence-electron chi connectivity index (χ3n) is 2.61. The van der Waals surface area contributed by atoms with Crippen molar-refractivity contribution in [3.63, 3.8) is 0 Å². The molecule has 0 amide bonds. The van der Waals surface area contributed by atoms with E-state index >= 15 is 0 Å². The van der Waals surface area contributed by atoms with E-state index in [1.165, 1.54) is 18.2 Å². The standard InChI is InChI=1S/C13H13F2NS/c1-8-5-6-13(17-8)12(16)7-9-10(14)3-2-4-11(9)15/h2-6,12H,7,16H2,1H3. The summed E-state index contributed by atoms with van der Waals surface area (Å²) in [5.41, 5.74) is 6.02. The second-order valence-corrected chi connectivity index (χ2v) is 5.28. The molecule has 2 N–H and O–H groups in total. The molecule has 1 nitrogen and oxygen atoms in total. The summed E-state index contributed by atoms with van der Waals surface area (Å²) in [6.07, 6.45) is 0.179. The lowest BCUT2D eigenvalue weighted by Gasteiger charge is -2.11. The molecule has 0 radical (unpaired) electrons. The minimum absolute atomic E-state index is 0.0612. The molecule has 0 saturated heterocycles. The molecule has 0 aliphatic heterocycles. The van der Waals surface area contributed by atoms with Crippen LogP contribution in [0.15, 0.2) is 30.3 Å². The van der Waals surface area contributed by atoms with Crippen molar-refractivity contribution in [2.45, 2.75) is 19.4 Å². The molecule has 1 aromatic carbocycles. The lowest BCUT2D eigenvalue weighted by molar-refractivity contribution is 0.541. The van der Waals surface area contributed by atoms with Gasteiger partial charge in [0.1, 0.15) is 11.6 Å². The Balaban J connectivity index is 2.21. The van der Waals surface area contributed by atoms with Crippen LogP contribution in [0.2, 0.25) is 0 Å². The average molecular weight is 253 g/mol. The molecular weight excluding hydrogens is 240 g/mol. The summed E-state index contributed by atoms with van der Waals surface area (Å²) in [7, 11) is 0. The Hall–Kier alpha value is -1.26. The molecule has 1 atom stereocenters.